The van der Waals surface area contributed by atoms with E-state index in [0.717, 1.165) is 0 Å². The summed E-state index contributed by atoms with van der Waals surface area (Å²) < 4.78 is 0. The summed E-state index contributed by atoms with van der Waals surface area (Å²) in [5.41, 5.74) is 0. The Kier molecular flexibility index (Phi) is 14.9. The van der Waals surface area contributed by atoms with Gasteiger partial charge in [0.1, 0.15) is 12.1 Å². The molecule has 0 radical (unpaired) electrons. The van der Waals surface area contributed by atoms with Crippen molar-refractivity contribution in [1.82, 2.24) is 20.4 Å². The van der Waals surface area contributed by atoms with E-state index < -0.39 is 74.0 Å². The average Bonchev–Trinajstić information content (AvgIpc) is 2.69. The highest BCUT2D eigenvalue weighted by atomic mass is 16.4. The predicted octanol–water partition coefficient (Wildman–Crippen LogP) is -1.01. The molecule has 0 aliphatic heterocycles. The smallest absolute Gasteiger partial charge is 0.326 e. The van der Waals surface area contributed by atoms with E-state index >= 15 is 0 Å². The zero-order chi connectivity index (χ0) is 28.0. The number of aliphatic carboxylic acids is 4. The second-order valence-corrected chi connectivity index (χ2v) is 9.38. The van der Waals surface area contributed by atoms with Gasteiger partial charge in [0.05, 0.1) is 26.2 Å². The van der Waals surface area contributed by atoms with Crippen LogP contribution in [0.25, 0.3) is 0 Å². The predicted molar refractivity (Wildman–Crippen MR) is 126 cm³/mol. The third-order valence-electron chi connectivity index (χ3n) is 4.87. The van der Waals surface area contributed by atoms with Crippen LogP contribution < -0.4 is 10.6 Å². The SMILES string of the molecule is CC(C)CC(NC(=O)CN(CCN(CC(=O)O)CC(=O)NC(CC(C)C)C(=O)O)CC(=O)O)C(=O)O. The summed E-state index contributed by atoms with van der Waals surface area (Å²) in [5, 5.41) is 41.6. The van der Waals surface area contributed by atoms with Crippen molar-refractivity contribution in [2.75, 3.05) is 39.3 Å². The lowest BCUT2D eigenvalue weighted by atomic mass is 10.0. The zero-order valence-corrected chi connectivity index (χ0v) is 21.1. The summed E-state index contributed by atoms with van der Waals surface area (Å²) in [6.07, 6.45) is 0.352. The molecule has 0 rings (SSSR count). The van der Waals surface area contributed by atoms with Crippen molar-refractivity contribution >= 4 is 35.7 Å². The topological polar surface area (TPSA) is 214 Å². The van der Waals surface area contributed by atoms with Crippen molar-refractivity contribution in [3.05, 3.63) is 0 Å². The summed E-state index contributed by atoms with van der Waals surface area (Å²) in [5.74, 6) is -6.44. The molecule has 36 heavy (non-hydrogen) atoms. The van der Waals surface area contributed by atoms with Gasteiger partial charge in [-0.25, -0.2) is 9.59 Å². The van der Waals surface area contributed by atoms with Crippen LogP contribution in [-0.4, -0.2) is 117 Å². The highest BCUT2D eigenvalue weighted by Gasteiger charge is 2.25. The van der Waals surface area contributed by atoms with Gasteiger partial charge in [0.25, 0.3) is 0 Å². The molecule has 0 bridgehead atoms. The van der Waals surface area contributed by atoms with Crippen LogP contribution in [0.3, 0.4) is 0 Å². The number of amides is 2. The molecular formula is C22H38N4O10. The molecule has 2 atom stereocenters. The van der Waals surface area contributed by atoms with E-state index in [2.05, 4.69) is 10.6 Å². The summed E-state index contributed by atoms with van der Waals surface area (Å²) >= 11 is 0. The molecule has 14 heteroatoms. The molecule has 0 heterocycles. The number of hydrogen-bond acceptors (Lipinski definition) is 8. The minimum absolute atomic E-state index is 0.0153. The minimum atomic E-state index is -1.26. The van der Waals surface area contributed by atoms with E-state index in [1.54, 1.807) is 27.7 Å². The van der Waals surface area contributed by atoms with Crippen LogP contribution in [0.1, 0.15) is 40.5 Å². The largest absolute Gasteiger partial charge is 0.480 e. The van der Waals surface area contributed by atoms with Crippen LogP contribution in [0.2, 0.25) is 0 Å². The van der Waals surface area contributed by atoms with Gasteiger partial charge in [-0.15, -0.1) is 0 Å². The first kappa shape index (κ1) is 32.7. The number of nitrogens with zero attached hydrogens (tertiary/aromatic N) is 2. The first-order valence-corrected chi connectivity index (χ1v) is 11.5. The Morgan fingerprint density at radius 1 is 0.583 bits per heavy atom. The standard InChI is InChI=1S/C22H38N4O10/c1-13(2)7-15(21(33)34)23-17(27)9-25(11-19(29)30)5-6-26(12-20(31)32)10-18(28)24-16(22(35)36)8-14(3)4/h13-16H,5-12H2,1-4H3,(H,23,27)(H,24,28)(H,29,30)(H,31,32)(H,33,34)(H,35,36). The Labute approximate surface area is 209 Å². The van der Waals surface area contributed by atoms with Gasteiger partial charge >= 0.3 is 23.9 Å². The summed E-state index contributed by atoms with van der Waals surface area (Å²) in [6.45, 7) is 4.79. The fourth-order valence-corrected chi connectivity index (χ4v) is 3.37. The Balaban J connectivity index is 5.24. The van der Waals surface area contributed by atoms with Crippen LogP contribution in [0, 0.1) is 11.8 Å². The van der Waals surface area contributed by atoms with Crippen molar-refractivity contribution < 1.29 is 49.2 Å². The molecule has 0 aliphatic rings. The molecule has 0 spiro atoms. The Morgan fingerprint density at radius 2 is 0.889 bits per heavy atom. The first-order valence-electron chi connectivity index (χ1n) is 11.5. The number of carboxylic acids is 4. The Bertz CT molecular complexity index is 723. The van der Waals surface area contributed by atoms with E-state index in [4.69, 9.17) is 0 Å². The summed E-state index contributed by atoms with van der Waals surface area (Å²) in [6, 6.07) is -2.30. The number of hydrogen-bond donors (Lipinski definition) is 6. The summed E-state index contributed by atoms with van der Waals surface area (Å²) in [7, 11) is 0. The lowest BCUT2D eigenvalue weighted by molar-refractivity contribution is -0.144. The van der Waals surface area contributed by atoms with Gasteiger partial charge in [0.2, 0.25) is 11.8 Å². The van der Waals surface area contributed by atoms with E-state index in [0.29, 0.717) is 0 Å². The number of rotatable bonds is 19. The molecule has 0 aromatic carbocycles. The maximum Gasteiger partial charge on any atom is 0.326 e. The zero-order valence-electron chi connectivity index (χ0n) is 21.1. The van der Waals surface area contributed by atoms with Gasteiger partial charge in [0.15, 0.2) is 0 Å². The lowest BCUT2D eigenvalue weighted by Gasteiger charge is -2.26. The second-order valence-electron chi connectivity index (χ2n) is 9.38. The fraction of sp³-hybridized carbons (Fsp3) is 0.727. The van der Waals surface area contributed by atoms with Crippen LogP contribution in [0.15, 0.2) is 0 Å². The normalized spacial score (nSPS) is 13.0. The van der Waals surface area contributed by atoms with Crippen LogP contribution >= 0.6 is 0 Å². The van der Waals surface area contributed by atoms with Gasteiger partial charge in [-0.05, 0) is 24.7 Å². The molecule has 0 saturated carbocycles. The second kappa shape index (κ2) is 16.4. The number of carboxylic acid groups (broad SMARTS) is 4. The maximum atomic E-state index is 12.4. The molecule has 6 N–H and O–H groups in total. The highest BCUT2D eigenvalue weighted by molar-refractivity contribution is 5.85. The van der Waals surface area contributed by atoms with Crippen molar-refractivity contribution in [3.8, 4) is 0 Å². The van der Waals surface area contributed by atoms with Gasteiger partial charge in [-0.1, -0.05) is 27.7 Å². The van der Waals surface area contributed by atoms with Crippen molar-refractivity contribution in [2.24, 2.45) is 11.8 Å². The maximum absolute atomic E-state index is 12.4. The van der Waals surface area contributed by atoms with E-state index in [9.17, 15) is 49.2 Å². The molecular weight excluding hydrogens is 480 g/mol. The van der Waals surface area contributed by atoms with E-state index in [1.165, 1.54) is 9.80 Å². The van der Waals surface area contributed by atoms with Gasteiger partial charge in [0, 0.05) is 13.1 Å². The lowest BCUT2D eigenvalue weighted by Crippen LogP contribution is -2.50. The molecule has 14 nitrogen and oxygen atoms in total. The monoisotopic (exact) mass is 518 g/mol. The molecule has 2 unspecified atom stereocenters. The van der Waals surface area contributed by atoms with Gasteiger partial charge in [-0.2, -0.15) is 0 Å². The molecule has 2 amide bonds. The number of nitrogens with one attached hydrogen (secondary N) is 2. The van der Waals surface area contributed by atoms with Crippen LogP contribution in [0.4, 0.5) is 0 Å². The first-order chi connectivity index (χ1) is 16.6. The fourth-order valence-electron chi connectivity index (χ4n) is 3.37. The third-order valence-corrected chi connectivity index (χ3v) is 4.87. The summed E-state index contributed by atoms with van der Waals surface area (Å²) in [4.78, 5) is 72.3. The Morgan fingerprint density at radius 3 is 1.11 bits per heavy atom. The van der Waals surface area contributed by atoms with Crippen LogP contribution in [-0.2, 0) is 28.8 Å². The highest BCUT2D eigenvalue weighted by Crippen LogP contribution is 2.06. The molecule has 0 aromatic heterocycles. The van der Waals surface area contributed by atoms with Crippen molar-refractivity contribution in [3.63, 3.8) is 0 Å². The van der Waals surface area contributed by atoms with E-state index in [-0.39, 0.29) is 37.8 Å². The van der Waals surface area contributed by atoms with Gasteiger partial charge < -0.3 is 31.1 Å². The van der Waals surface area contributed by atoms with Crippen LogP contribution in [0.5, 0.6) is 0 Å². The molecule has 0 aliphatic carbocycles. The van der Waals surface area contributed by atoms with Crippen molar-refractivity contribution in [1.29, 1.82) is 0 Å². The number of carbonyl (C=O) groups is 6. The molecule has 0 aromatic rings. The van der Waals surface area contributed by atoms with Gasteiger partial charge in [-0.3, -0.25) is 29.0 Å². The van der Waals surface area contributed by atoms with E-state index in [1.807, 2.05) is 0 Å². The molecule has 206 valence electrons. The minimum Gasteiger partial charge on any atom is -0.480 e. The van der Waals surface area contributed by atoms with Crippen molar-refractivity contribution in [2.45, 2.75) is 52.6 Å². The Hall–Kier alpha value is -3.26. The molecule has 0 saturated heterocycles. The number of carbonyl (C=O) groups excluding carboxylic acids is 2. The quantitative estimate of drug-likeness (QED) is 0.121. The molecule has 0 fully saturated rings. The average molecular weight is 519 g/mol. The third kappa shape index (κ3) is 15.6.